The lowest BCUT2D eigenvalue weighted by Crippen LogP contribution is -2.19. The largest absolute Gasteiger partial charge is 0.318 e. The predicted molar refractivity (Wildman–Crippen MR) is 123 cm³/mol. The number of hydrogen-bond donors (Lipinski definition) is 1. The molecule has 0 unspecified atom stereocenters. The molecule has 5 nitrogen and oxygen atoms in total. The molecule has 1 aliphatic heterocycles. The van der Waals surface area contributed by atoms with Crippen LogP contribution in [0.15, 0.2) is 40.2 Å². The number of aromatic nitrogens is 2. The molecule has 1 fully saturated rings. The van der Waals surface area contributed by atoms with Gasteiger partial charge in [0.2, 0.25) is 5.13 Å². The van der Waals surface area contributed by atoms with Crippen molar-refractivity contribution in [2.45, 2.75) is 27.7 Å². The highest BCUT2D eigenvalue weighted by molar-refractivity contribution is 8.18. The Kier molecular flexibility index (Phi) is 5.38. The van der Waals surface area contributed by atoms with Crippen molar-refractivity contribution in [3.05, 3.63) is 67.8 Å². The number of thiazole rings is 1. The molecule has 1 aliphatic rings. The van der Waals surface area contributed by atoms with E-state index in [1.54, 1.807) is 0 Å². The van der Waals surface area contributed by atoms with E-state index in [4.69, 9.17) is 11.6 Å². The number of amides is 1. The SMILES string of the molecule is Cc1nc(/N=C2\NC(=O)/C(=C/c3cc(C)n(-c4cccc(Cl)c4)c3C)S2)sc1C. The van der Waals surface area contributed by atoms with Crippen LogP contribution >= 0.6 is 34.7 Å². The zero-order chi connectivity index (χ0) is 20.7. The molecule has 3 heterocycles. The lowest BCUT2D eigenvalue weighted by Gasteiger charge is -2.09. The van der Waals surface area contributed by atoms with Crippen LogP contribution in [0, 0.1) is 27.7 Å². The molecule has 8 heteroatoms. The molecule has 1 N–H and O–H groups in total. The Morgan fingerprint density at radius 2 is 2.00 bits per heavy atom. The van der Waals surface area contributed by atoms with E-state index in [0.29, 0.717) is 20.2 Å². The highest BCUT2D eigenvalue weighted by atomic mass is 35.5. The van der Waals surface area contributed by atoms with Crippen molar-refractivity contribution < 1.29 is 4.79 Å². The minimum absolute atomic E-state index is 0.147. The van der Waals surface area contributed by atoms with Gasteiger partial charge >= 0.3 is 0 Å². The Morgan fingerprint density at radius 1 is 1.21 bits per heavy atom. The number of amidine groups is 1. The summed E-state index contributed by atoms with van der Waals surface area (Å²) in [5.74, 6) is -0.147. The zero-order valence-electron chi connectivity index (χ0n) is 16.4. The van der Waals surface area contributed by atoms with Gasteiger partial charge in [-0.2, -0.15) is 4.99 Å². The molecule has 0 aliphatic carbocycles. The van der Waals surface area contributed by atoms with E-state index >= 15 is 0 Å². The maximum absolute atomic E-state index is 12.4. The summed E-state index contributed by atoms with van der Waals surface area (Å²) in [4.78, 5) is 23.1. The molecule has 148 valence electrons. The van der Waals surface area contributed by atoms with Crippen LogP contribution in [0.4, 0.5) is 5.13 Å². The maximum atomic E-state index is 12.4. The molecule has 0 spiro atoms. The second-order valence-corrected chi connectivity index (χ2v) is 9.41. The summed E-state index contributed by atoms with van der Waals surface area (Å²) in [6.45, 7) is 8.04. The summed E-state index contributed by atoms with van der Waals surface area (Å²) in [6.07, 6.45) is 1.91. The quantitative estimate of drug-likeness (QED) is 0.528. The molecule has 29 heavy (non-hydrogen) atoms. The van der Waals surface area contributed by atoms with Crippen molar-refractivity contribution in [2.75, 3.05) is 0 Å². The summed E-state index contributed by atoms with van der Waals surface area (Å²) in [5.41, 5.74) is 5.07. The molecular formula is C21H19ClN4OS2. The average Bonchev–Trinajstić information content (AvgIpc) is 3.25. The maximum Gasteiger partial charge on any atom is 0.264 e. The number of halogens is 1. The number of benzene rings is 1. The first-order valence-corrected chi connectivity index (χ1v) is 11.0. The number of thioether (sulfide) groups is 1. The smallest absolute Gasteiger partial charge is 0.264 e. The number of nitrogens with zero attached hydrogens (tertiary/aromatic N) is 3. The van der Waals surface area contributed by atoms with E-state index in [0.717, 1.165) is 33.2 Å². The molecule has 0 atom stereocenters. The second kappa shape index (κ2) is 7.82. The van der Waals surface area contributed by atoms with Gasteiger partial charge in [-0.25, -0.2) is 4.98 Å². The molecule has 4 rings (SSSR count). The number of rotatable bonds is 3. The molecule has 3 aromatic rings. The van der Waals surface area contributed by atoms with Crippen molar-refractivity contribution >= 4 is 57.0 Å². The van der Waals surface area contributed by atoms with E-state index in [1.165, 1.54) is 23.1 Å². The average molecular weight is 443 g/mol. The Hall–Kier alpha value is -2.35. The Balaban J connectivity index is 1.65. The number of carbonyl (C=O) groups excluding carboxylic acids is 1. The first kappa shape index (κ1) is 19.9. The normalized spacial score (nSPS) is 16.8. The van der Waals surface area contributed by atoms with Crippen LogP contribution in [0.2, 0.25) is 5.02 Å². The third-order valence-electron chi connectivity index (χ3n) is 4.69. The van der Waals surface area contributed by atoms with Crippen molar-refractivity contribution in [1.29, 1.82) is 0 Å². The topological polar surface area (TPSA) is 59.3 Å². The molecule has 2 aromatic heterocycles. The fraction of sp³-hybridized carbons (Fsp3) is 0.190. The highest BCUT2D eigenvalue weighted by Crippen LogP contribution is 2.32. The lowest BCUT2D eigenvalue weighted by molar-refractivity contribution is -0.115. The van der Waals surface area contributed by atoms with Crippen LogP contribution < -0.4 is 5.32 Å². The van der Waals surface area contributed by atoms with Crippen LogP contribution in [-0.4, -0.2) is 20.6 Å². The van der Waals surface area contributed by atoms with Crippen LogP contribution in [0.5, 0.6) is 0 Å². The van der Waals surface area contributed by atoms with E-state index in [2.05, 4.69) is 25.9 Å². The summed E-state index contributed by atoms with van der Waals surface area (Å²) in [7, 11) is 0. The van der Waals surface area contributed by atoms with Crippen molar-refractivity contribution in [3.8, 4) is 5.69 Å². The van der Waals surface area contributed by atoms with Gasteiger partial charge in [-0.3, -0.25) is 4.79 Å². The van der Waals surface area contributed by atoms with Crippen molar-refractivity contribution in [1.82, 2.24) is 14.9 Å². The fourth-order valence-electron chi connectivity index (χ4n) is 3.16. The van der Waals surface area contributed by atoms with Crippen molar-refractivity contribution in [2.24, 2.45) is 4.99 Å². The van der Waals surface area contributed by atoms with E-state index < -0.39 is 0 Å². The number of nitrogens with one attached hydrogen (secondary N) is 1. The van der Waals surface area contributed by atoms with Crippen LogP contribution in [0.1, 0.15) is 27.5 Å². The highest BCUT2D eigenvalue weighted by Gasteiger charge is 2.25. The Bertz CT molecular complexity index is 1170. The van der Waals surface area contributed by atoms with Gasteiger partial charge in [0.1, 0.15) is 0 Å². The van der Waals surface area contributed by atoms with Crippen LogP contribution in [0.25, 0.3) is 11.8 Å². The summed E-state index contributed by atoms with van der Waals surface area (Å²) >= 11 is 9.01. The first-order valence-electron chi connectivity index (χ1n) is 9.00. The minimum Gasteiger partial charge on any atom is -0.318 e. The van der Waals surface area contributed by atoms with E-state index in [-0.39, 0.29) is 5.91 Å². The number of hydrogen-bond acceptors (Lipinski definition) is 5. The minimum atomic E-state index is -0.147. The van der Waals surface area contributed by atoms with Gasteiger partial charge in [0.25, 0.3) is 5.91 Å². The third-order valence-corrected chi connectivity index (χ3v) is 6.80. The molecule has 0 radical (unpaired) electrons. The molecular weight excluding hydrogens is 424 g/mol. The van der Waals surface area contributed by atoms with Gasteiger partial charge in [0.05, 0.1) is 10.6 Å². The monoisotopic (exact) mass is 442 g/mol. The van der Waals surface area contributed by atoms with E-state index in [1.807, 2.05) is 58.0 Å². The predicted octanol–water partition coefficient (Wildman–Crippen LogP) is 5.71. The summed E-state index contributed by atoms with van der Waals surface area (Å²) in [5, 5.41) is 4.73. The standard InChI is InChI=1S/C21H19ClN4OS2/c1-11-8-15(13(3)26(11)17-7-5-6-16(22)10-17)9-18-19(27)24-21(29-18)25-20-23-12(2)14(4)28-20/h5-10H,1-4H3,(H,23,24,25,27)/b18-9-. The lowest BCUT2D eigenvalue weighted by atomic mass is 10.2. The van der Waals surface area contributed by atoms with Gasteiger partial charge in [0, 0.05) is 27.0 Å². The van der Waals surface area contributed by atoms with Gasteiger partial charge < -0.3 is 9.88 Å². The number of aliphatic imine (C=N–C) groups is 1. The van der Waals surface area contributed by atoms with E-state index in [9.17, 15) is 4.79 Å². The Labute approximate surface area is 182 Å². The summed E-state index contributed by atoms with van der Waals surface area (Å²) < 4.78 is 2.13. The molecule has 1 amide bonds. The van der Waals surface area contributed by atoms with Gasteiger partial charge in [0.15, 0.2) is 5.17 Å². The van der Waals surface area contributed by atoms with Gasteiger partial charge in [-0.15, -0.1) is 0 Å². The zero-order valence-corrected chi connectivity index (χ0v) is 18.8. The molecule has 1 aromatic carbocycles. The van der Waals surface area contributed by atoms with Crippen LogP contribution in [-0.2, 0) is 4.79 Å². The van der Waals surface area contributed by atoms with Gasteiger partial charge in [-0.05, 0) is 75.4 Å². The number of aryl methyl sites for hydroxylation is 3. The number of carbonyl (C=O) groups is 1. The third kappa shape index (κ3) is 4.03. The van der Waals surface area contributed by atoms with Gasteiger partial charge in [-0.1, -0.05) is 29.0 Å². The molecule has 1 saturated heterocycles. The first-order chi connectivity index (χ1) is 13.8. The molecule has 0 saturated carbocycles. The summed E-state index contributed by atoms with van der Waals surface area (Å²) in [6, 6.07) is 9.80. The second-order valence-electron chi connectivity index (χ2n) is 6.76. The fourth-order valence-corrected chi connectivity index (χ4v) is 5.00. The molecule has 0 bridgehead atoms. The van der Waals surface area contributed by atoms with Crippen molar-refractivity contribution in [3.63, 3.8) is 0 Å². The van der Waals surface area contributed by atoms with Crippen LogP contribution in [0.3, 0.4) is 0 Å². The Morgan fingerprint density at radius 3 is 2.69 bits per heavy atom.